The van der Waals surface area contributed by atoms with Crippen molar-refractivity contribution in [2.75, 3.05) is 13.1 Å². The van der Waals surface area contributed by atoms with Crippen LogP contribution in [0.15, 0.2) is 22.7 Å². The van der Waals surface area contributed by atoms with Crippen LogP contribution in [0.1, 0.15) is 43.7 Å². The topological polar surface area (TPSA) is 12.0 Å². The summed E-state index contributed by atoms with van der Waals surface area (Å²) in [7, 11) is 0. The van der Waals surface area contributed by atoms with Gasteiger partial charge in [-0.15, -0.1) is 0 Å². The van der Waals surface area contributed by atoms with Gasteiger partial charge in [-0.1, -0.05) is 28.1 Å². The lowest BCUT2D eigenvalue weighted by atomic mass is 9.89. The molecule has 1 fully saturated rings. The van der Waals surface area contributed by atoms with Crippen molar-refractivity contribution >= 4 is 15.9 Å². The van der Waals surface area contributed by atoms with Crippen LogP contribution < -0.4 is 5.32 Å². The summed E-state index contributed by atoms with van der Waals surface area (Å²) < 4.78 is 14.8. The molecule has 1 aromatic carbocycles. The van der Waals surface area contributed by atoms with E-state index >= 15 is 0 Å². The molecule has 1 N–H and O–H groups in total. The lowest BCUT2D eigenvalue weighted by Gasteiger charge is -2.24. The second-order valence-electron chi connectivity index (χ2n) is 5.26. The fourth-order valence-corrected chi connectivity index (χ4v) is 3.27. The van der Waals surface area contributed by atoms with E-state index in [-0.39, 0.29) is 0 Å². The molecule has 0 aliphatic carbocycles. The summed E-state index contributed by atoms with van der Waals surface area (Å²) in [5.41, 5.74) is 0.740. The van der Waals surface area contributed by atoms with Gasteiger partial charge in [-0.25, -0.2) is 4.39 Å². The summed E-state index contributed by atoms with van der Waals surface area (Å²) in [6.07, 6.45) is 2.44. The van der Waals surface area contributed by atoms with Crippen LogP contribution in [0.5, 0.6) is 0 Å². The summed E-state index contributed by atoms with van der Waals surface area (Å²) in [6.45, 7) is 5.34. The van der Waals surface area contributed by atoms with Crippen LogP contribution in [-0.4, -0.2) is 13.1 Å². The summed E-state index contributed by atoms with van der Waals surface area (Å²) >= 11 is 3.49. The third-order valence-electron chi connectivity index (χ3n) is 3.40. The molecule has 1 atom stereocenters. The number of alkyl halides is 1. The molecule has 1 saturated heterocycles. The Bertz CT molecular complexity index is 392. The van der Waals surface area contributed by atoms with Crippen LogP contribution in [0, 0.1) is 0 Å². The molecule has 3 heteroatoms. The molecule has 1 unspecified atom stereocenters. The van der Waals surface area contributed by atoms with Crippen molar-refractivity contribution in [2.45, 2.75) is 38.3 Å². The molecule has 1 aliphatic heterocycles. The number of benzene rings is 1. The van der Waals surface area contributed by atoms with E-state index in [1.807, 2.05) is 6.07 Å². The predicted octanol–water partition coefficient (Wildman–Crippen LogP) is 4.12. The third kappa shape index (κ3) is 3.08. The van der Waals surface area contributed by atoms with Crippen LogP contribution in [0.25, 0.3) is 0 Å². The summed E-state index contributed by atoms with van der Waals surface area (Å²) in [5, 5.41) is 3.41. The highest BCUT2D eigenvalue weighted by Crippen LogP contribution is 2.34. The Morgan fingerprint density at radius 1 is 1.41 bits per heavy atom. The maximum absolute atomic E-state index is 13.9. The molecule has 1 aromatic rings. The fraction of sp³-hybridized carbons (Fsp3) is 0.571. The van der Waals surface area contributed by atoms with E-state index in [1.54, 1.807) is 13.8 Å². The number of hydrogen-bond acceptors (Lipinski definition) is 1. The van der Waals surface area contributed by atoms with Gasteiger partial charge in [-0.2, -0.15) is 0 Å². The standard InChI is InChI=1S/C14H19BrFN/c1-14(2,16)12-6-5-10(8-13(12)15)11-4-3-7-17-9-11/h5-6,8,11,17H,3-4,7,9H2,1-2H3. The first-order valence-corrected chi connectivity index (χ1v) is 6.97. The molecule has 0 bridgehead atoms. The van der Waals surface area contributed by atoms with E-state index in [2.05, 4.69) is 33.4 Å². The van der Waals surface area contributed by atoms with Crippen molar-refractivity contribution in [3.63, 3.8) is 0 Å². The SMILES string of the molecule is CC(C)(F)c1ccc(C2CCCNC2)cc1Br. The van der Waals surface area contributed by atoms with E-state index in [0.717, 1.165) is 23.1 Å². The van der Waals surface area contributed by atoms with Crippen LogP contribution >= 0.6 is 15.9 Å². The number of rotatable bonds is 2. The van der Waals surface area contributed by atoms with Gasteiger partial charge in [-0.05, 0) is 50.8 Å². The van der Waals surface area contributed by atoms with Gasteiger partial charge in [0.1, 0.15) is 5.67 Å². The first-order chi connectivity index (χ1) is 7.98. The van der Waals surface area contributed by atoms with E-state index < -0.39 is 5.67 Å². The molecular weight excluding hydrogens is 281 g/mol. The zero-order chi connectivity index (χ0) is 12.5. The minimum absolute atomic E-state index is 0.567. The first-order valence-electron chi connectivity index (χ1n) is 6.18. The van der Waals surface area contributed by atoms with Crippen LogP contribution in [0.4, 0.5) is 4.39 Å². The highest BCUT2D eigenvalue weighted by molar-refractivity contribution is 9.10. The maximum Gasteiger partial charge on any atom is 0.131 e. The Morgan fingerprint density at radius 2 is 2.18 bits per heavy atom. The van der Waals surface area contributed by atoms with Gasteiger partial charge in [0, 0.05) is 16.6 Å². The summed E-state index contributed by atoms with van der Waals surface area (Å²) in [5.74, 6) is 0.567. The molecule has 1 nitrogen and oxygen atoms in total. The second kappa shape index (κ2) is 5.07. The third-order valence-corrected chi connectivity index (χ3v) is 4.06. The normalized spacial score (nSPS) is 21.5. The lowest BCUT2D eigenvalue weighted by Crippen LogP contribution is -2.28. The molecule has 0 aromatic heterocycles. The summed E-state index contributed by atoms with van der Waals surface area (Å²) in [6, 6.07) is 6.06. The second-order valence-corrected chi connectivity index (χ2v) is 6.11. The van der Waals surface area contributed by atoms with Crippen LogP contribution in [-0.2, 0) is 5.67 Å². The molecule has 94 valence electrons. The average molecular weight is 300 g/mol. The van der Waals surface area contributed by atoms with Gasteiger partial charge >= 0.3 is 0 Å². The molecule has 0 spiro atoms. The Morgan fingerprint density at radius 3 is 2.71 bits per heavy atom. The van der Waals surface area contributed by atoms with E-state index in [1.165, 1.54) is 18.4 Å². The minimum Gasteiger partial charge on any atom is -0.316 e. The Balaban J connectivity index is 2.24. The molecule has 17 heavy (non-hydrogen) atoms. The minimum atomic E-state index is -1.29. The molecule has 1 heterocycles. The smallest absolute Gasteiger partial charge is 0.131 e. The van der Waals surface area contributed by atoms with E-state index in [9.17, 15) is 4.39 Å². The molecule has 0 saturated carbocycles. The van der Waals surface area contributed by atoms with E-state index in [0.29, 0.717) is 5.92 Å². The quantitative estimate of drug-likeness (QED) is 0.866. The zero-order valence-corrected chi connectivity index (χ0v) is 12.0. The molecule has 1 aliphatic rings. The van der Waals surface area contributed by atoms with Gasteiger partial charge < -0.3 is 5.32 Å². The van der Waals surface area contributed by atoms with Gasteiger partial charge in [0.2, 0.25) is 0 Å². The number of hydrogen-bond donors (Lipinski definition) is 1. The van der Waals surface area contributed by atoms with Crippen LogP contribution in [0.3, 0.4) is 0 Å². The van der Waals surface area contributed by atoms with Crippen molar-refractivity contribution in [1.29, 1.82) is 0 Å². The average Bonchev–Trinajstić information content (AvgIpc) is 2.28. The number of halogens is 2. The maximum atomic E-state index is 13.9. The fourth-order valence-electron chi connectivity index (χ4n) is 2.40. The lowest BCUT2D eigenvalue weighted by molar-refractivity contribution is 0.220. The Labute approximate surface area is 111 Å². The largest absolute Gasteiger partial charge is 0.316 e. The van der Waals surface area contributed by atoms with E-state index in [4.69, 9.17) is 0 Å². The molecule has 0 radical (unpaired) electrons. The zero-order valence-electron chi connectivity index (χ0n) is 10.4. The highest BCUT2D eigenvalue weighted by atomic mass is 79.9. The van der Waals surface area contributed by atoms with Crippen molar-refractivity contribution in [3.8, 4) is 0 Å². The Hall–Kier alpha value is -0.410. The van der Waals surface area contributed by atoms with Crippen molar-refractivity contribution in [3.05, 3.63) is 33.8 Å². The van der Waals surface area contributed by atoms with Gasteiger partial charge in [0.25, 0.3) is 0 Å². The number of piperidine rings is 1. The van der Waals surface area contributed by atoms with Gasteiger partial charge in [0.05, 0.1) is 0 Å². The number of nitrogens with one attached hydrogen (secondary N) is 1. The Kier molecular flexibility index (Phi) is 3.88. The van der Waals surface area contributed by atoms with Crippen molar-refractivity contribution < 1.29 is 4.39 Å². The monoisotopic (exact) mass is 299 g/mol. The van der Waals surface area contributed by atoms with Crippen molar-refractivity contribution in [1.82, 2.24) is 5.32 Å². The molecular formula is C14H19BrFN. The summed E-state index contributed by atoms with van der Waals surface area (Å²) in [4.78, 5) is 0. The first kappa shape index (κ1) is 13.0. The van der Waals surface area contributed by atoms with Crippen molar-refractivity contribution in [2.24, 2.45) is 0 Å². The van der Waals surface area contributed by atoms with Crippen LogP contribution in [0.2, 0.25) is 0 Å². The molecule has 2 rings (SSSR count). The van der Waals surface area contributed by atoms with Gasteiger partial charge in [0.15, 0.2) is 0 Å². The highest BCUT2D eigenvalue weighted by Gasteiger charge is 2.23. The predicted molar refractivity (Wildman–Crippen MR) is 73.1 cm³/mol. The molecule has 0 amide bonds. The van der Waals surface area contributed by atoms with Gasteiger partial charge in [-0.3, -0.25) is 0 Å².